The molecule has 4 nitrogen and oxygen atoms in total. The minimum Gasteiger partial charge on any atom is -0.356 e. The molecule has 0 saturated heterocycles. The minimum atomic E-state index is -0.357. The van der Waals surface area contributed by atoms with Crippen LogP contribution in [0.25, 0.3) is 0 Å². The smallest absolute Gasteiger partial charge is 0.222 e. The quantitative estimate of drug-likeness (QED) is 0.436. The van der Waals surface area contributed by atoms with Crippen LogP contribution in [0.3, 0.4) is 0 Å². The Labute approximate surface area is 171 Å². The first-order valence-corrected chi connectivity index (χ1v) is 10.4. The lowest BCUT2D eigenvalue weighted by Gasteiger charge is -2.18. The van der Waals surface area contributed by atoms with Gasteiger partial charge in [-0.2, -0.15) is 0 Å². The zero-order valence-corrected chi connectivity index (χ0v) is 17.4. The summed E-state index contributed by atoms with van der Waals surface area (Å²) < 4.78 is 13.8. The van der Waals surface area contributed by atoms with Crippen molar-refractivity contribution in [1.82, 2.24) is 10.6 Å². The predicted molar refractivity (Wildman–Crippen MR) is 110 cm³/mol. The molecule has 0 aromatic heterocycles. The second-order valence-electron chi connectivity index (χ2n) is 6.01. The van der Waals surface area contributed by atoms with Crippen LogP contribution < -0.4 is 10.6 Å². The van der Waals surface area contributed by atoms with Crippen LogP contribution in [0.15, 0.2) is 57.9 Å². The highest BCUT2D eigenvalue weighted by Crippen LogP contribution is 2.20. The highest BCUT2D eigenvalue weighted by atomic mass is 79.9. The lowest BCUT2D eigenvalue weighted by atomic mass is 10.0. The van der Waals surface area contributed by atoms with Crippen LogP contribution in [0.2, 0.25) is 0 Å². The summed E-state index contributed by atoms with van der Waals surface area (Å²) in [6.45, 7) is 2.00. The third kappa shape index (κ3) is 8.13. The highest BCUT2D eigenvalue weighted by Gasteiger charge is 2.16. The standard InChI is InChI=1S/C20H22BrFN2O2S/c1-14(25)24-19(15-3-5-16(21)6-4-15)13-20(26)23-11-2-12-27-18-9-7-17(22)8-10-18/h3-10,19H,2,11-13H2,1H3,(H,23,26)(H,24,25). The SMILES string of the molecule is CC(=O)NC(CC(=O)NCCCSc1ccc(F)cc1)c1ccc(Br)cc1. The van der Waals surface area contributed by atoms with Gasteiger partial charge in [-0.15, -0.1) is 11.8 Å². The second-order valence-corrected chi connectivity index (χ2v) is 8.10. The van der Waals surface area contributed by atoms with Crippen molar-refractivity contribution in [3.05, 3.63) is 64.4 Å². The summed E-state index contributed by atoms with van der Waals surface area (Å²) in [5, 5.41) is 5.71. The predicted octanol–water partition coefficient (Wildman–Crippen LogP) is 4.45. The third-order valence-electron chi connectivity index (χ3n) is 3.77. The fourth-order valence-corrected chi connectivity index (χ4v) is 3.59. The van der Waals surface area contributed by atoms with Gasteiger partial charge in [0.15, 0.2) is 0 Å². The lowest BCUT2D eigenvalue weighted by molar-refractivity contribution is -0.122. The topological polar surface area (TPSA) is 58.2 Å². The van der Waals surface area contributed by atoms with Crippen LogP contribution in [-0.2, 0) is 9.59 Å². The summed E-state index contributed by atoms with van der Waals surface area (Å²) in [4.78, 5) is 24.7. The number of benzene rings is 2. The van der Waals surface area contributed by atoms with E-state index in [-0.39, 0.29) is 30.1 Å². The van der Waals surface area contributed by atoms with Gasteiger partial charge in [-0.1, -0.05) is 28.1 Å². The number of thioether (sulfide) groups is 1. The van der Waals surface area contributed by atoms with Crippen molar-refractivity contribution in [3.63, 3.8) is 0 Å². The number of hydrogen-bond donors (Lipinski definition) is 2. The van der Waals surface area contributed by atoms with Crippen molar-refractivity contribution in [2.24, 2.45) is 0 Å². The highest BCUT2D eigenvalue weighted by molar-refractivity contribution is 9.10. The molecule has 2 amide bonds. The van der Waals surface area contributed by atoms with Crippen molar-refractivity contribution in [2.75, 3.05) is 12.3 Å². The van der Waals surface area contributed by atoms with E-state index in [1.165, 1.54) is 19.1 Å². The Kier molecular flexibility index (Phi) is 8.81. The average molecular weight is 453 g/mol. The second kappa shape index (κ2) is 11.1. The summed E-state index contributed by atoms with van der Waals surface area (Å²) in [6, 6.07) is 13.6. The van der Waals surface area contributed by atoms with Crippen molar-refractivity contribution >= 4 is 39.5 Å². The normalized spacial score (nSPS) is 11.7. The summed E-state index contributed by atoms with van der Waals surface area (Å²) in [5.74, 6) is 0.300. The van der Waals surface area contributed by atoms with E-state index >= 15 is 0 Å². The van der Waals surface area contributed by atoms with Gasteiger partial charge in [0.05, 0.1) is 12.5 Å². The molecular formula is C20H22BrFN2O2S. The fourth-order valence-electron chi connectivity index (χ4n) is 2.47. The molecular weight excluding hydrogens is 431 g/mol. The molecule has 0 heterocycles. The third-order valence-corrected chi connectivity index (χ3v) is 5.39. The maximum Gasteiger partial charge on any atom is 0.222 e. The summed E-state index contributed by atoms with van der Waals surface area (Å²) in [6.07, 6.45) is 0.989. The Morgan fingerprint density at radius 1 is 1.11 bits per heavy atom. The Hall–Kier alpha value is -1.86. The largest absolute Gasteiger partial charge is 0.356 e. The number of amides is 2. The van der Waals surface area contributed by atoms with Crippen molar-refractivity contribution < 1.29 is 14.0 Å². The molecule has 2 aromatic rings. The van der Waals surface area contributed by atoms with E-state index < -0.39 is 0 Å². The first-order valence-electron chi connectivity index (χ1n) is 8.61. The molecule has 1 atom stereocenters. The molecule has 0 bridgehead atoms. The molecule has 0 saturated carbocycles. The van der Waals surface area contributed by atoms with Gasteiger partial charge < -0.3 is 10.6 Å². The van der Waals surface area contributed by atoms with E-state index in [1.54, 1.807) is 23.9 Å². The van der Waals surface area contributed by atoms with Crippen LogP contribution in [0.1, 0.15) is 31.4 Å². The molecule has 0 spiro atoms. The molecule has 7 heteroatoms. The minimum absolute atomic E-state index is 0.108. The Morgan fingerprint density at radius 3 is 2.41 bits per heavy atom. The van der Waals surface area contributed by atoms with Crippen LogP contribution in [0, 0.1) is 5.82 Å². The molecule has 0 aliphatic heterocycles. The molecule has 27 heavy (non-hydrogen) atoms. The molecule has 0 radical (unpaired) electrons. The molecule has 0 aliphatic carbocycles. The Bertz CT molecular complexity index is 754. The molecule has 2 aromatic carbocycles. The van der Waals surface area contributed by atoms with Gasteiger partial charge in [-0.25, -0.2) is 4.39 Å². The zero-order valence-electron chi connectivity index (χ0n) is 15.0. The molecule has 0 fully saturated rings. The molecule has 0 aliphatic rings. The van der Waals surface area contributed by atoms with Gasteiger partial charge in [0, 0.05) is 22.8 Å². The first kappa shape index (κ1) is 21.4. The maximum atomic E-state index is 12.9. The van der Waals surface area contributed by atoms with E-state index in [4.69, 9.17) is 0 Å². The lowest BCUT2D eigenvalue weighted by Crippen LogP contribution is -2.33. The summed E-state index contributed by atoms with van der Waals surface area (Å²) >= 11 is 5.00. The van der Waals surface area contributed by atoms with E-state index in [0.29, 0.717) is 6.54 Å². The van der Waals surface area contributed by atoms with Crippen molar-refractivity contribution in [1.29, 1.82) is 0 Å². The summed E-state index contributed by atoms with van der Waals surface area (Å²) in [7, 11) is 0. The molecule has 144 valence electrons. The first-order chi connectivity index (χ1) is 12.9. The van der Waals surface area contributed by atoms with Crippen molar-refractivity contribution in [2.45, 2.75) is 30.7 Å². The number of rotatable bonds is 9. The van der Waals surface area contributed by atoms with Crippen LogP contribution in [0.4, 0.5) is 4.39 Å². The van der Waals surface area contributed by atoms with E-state index in [0.717, 1.165) is 27.1 Å². The van der Waals surface area contributed by atoms with Gasteiger partial charge in [-0.3, -0.25) is 9.59 Å². The zero-order chi connectivity index (χ0) is 19.6. The van der Waals surface area contributed by atoms with Crippen molar-refractivity contribution in [3.8, 4) is 0 Å². The number of carbonyl (C=O) groups is 2. The van der Waals surface area contributed by atoms with Crippen LogP contribution in [-0.4, -0.2) is 24.1 Å². The van der Waals surface area contributed by atoms with Gasteiger partial charge in [0.25, 0.3) is 0 Å². The van der Waals surface area contributed by atoms with Gasteiger partial charge >= 0.3 is 0 Å². The Morgan fingerprint density at radius 2 is 1.78 bits per heavy atom. The molecule has 1 unspecified atom stereocenters. The fraction of sp³-hybridized carbons (Fsp3) is 0.300. The van der Waals surface area contributed by atoms with E-state index in [1.807, 2.05) is 24.3 Å². The number of carbonyl (C=O) groups excluding carboxylic acids is 2. The number of nitrogens with one attached hydrogen (secondary N) is 2. The van der Waals surface area contributed by atoms with Gasteiger partial charge in [-0.05, 0) is 54.1 Å². The van der Waals surface area contributed by atoms with Crippen LogP contribution >= 0.6 is 27.7 Å². The Balaban J connectivity index is 1.75. The summed E-state index contributed by atoms with van der Waals surface area (Å²) in [5.41, 5.74) is 0.885. The number of hydrogen-bond acceptors (Lipinski definition) is 3. The molecule has 2 N–H and O–H groups in total. The molecule has 2 rings (SSSR count). The average Bonchev–Trinajstić information content (AvgIpc) is 2.63. The van der Waals surface area contributed by atoms with Gasteiger partial charge in [0.1, 0.15) is 5.82 Å². The monoisotopic (exact) mass is 452 g/mol. The van der Waals surface area contributed by atoms with Crippen LogP contribution in [0.5, 0.6) is 0 Å². The van der Waals surface area contributed by atoms with E-state index in [2.05, 4.69) is 26.6 Å². The van der Waals surface area contributed by atoms with E-state index in [9.17, 15) is 14.0 Å². The maximum absolute atomic E-state index is 12.9. The number of halogens is 2. The van der Waals surface area contributed by atoms with Gasteiger partial charge in [0.2, 0.25) is 11.8 Å².